The summed E-state index contributed by atoms with van der Waals surface area (Å²) in [4.78, 5) is 15.7. The van der Waals surface area contributed by atoms with Crippen LogP contribution in [0.25, 0.3) is 6.08 Å². The molecule has 1 aromatic heterocycles. The van der Waals surface area contributed by atoms with Crippen LogP contribution in [0.1, 0.15) is 54.0 Å². The summed E-state index contributed by atoms with van der Waals surface area (Å²) in [6.45, 7) is 13.2. The maximum absolute atomic E-state index is 13.4. The van der Waals surface area contributed by atoms with Crippen molar-refractivity contribution in [3.05, 3.63) is 34.3 Å². The van der Waals surface area contributed by atoms with Gasteiger partial charge >= 0.3 is 13.2 Å². The Morgan fingerprint density at radius 2 is 1.89 bits per heavy atom. The molecule has 1 aliphatic rings. The first-order valence-electron chi connectivity index (χ1n) is 9.04. The molecule has 1 saturated heterocycles. The zero-order valence-corrected chi connectivity index (χ0v) is 18.1. The summed E-state index contributed by atoms with van der Waals surface area (Å²) in [6.07, 6.45) is 2.49. The maximum atomic E-state index is 13.4. The maximum Gasteiger partial charge on any atom is 0.492 e. The van der Waals surface area contributed by atoms with Crippen molar-refractivity contribution in [2.45, 2.75) is 65.3 Å². The third-order valence-electron chi connectivity index (χ3n) is 4.56. The van der Waals surface area contributed by atoms with Crippen LogP contribution in [0.3, 0.4) is 0 Å². The molecule has 0 bridgehead atoms. The Balaban J connectivity index is 2.27. The zero-order valence-electron chi connectivity index (χ0n) is 17.4. The molecule has 9 heteroatoms. The van der Waals surface area contributed by atoms with Gasteiger partial charge in [-0.1, -0.05) is 17.7 Å². The van der Waals surface area contributed by atoms with Gasteiger partial charge in [-0.25, -0.2) is 9.78 Å². The summed E-state index contributed by atoms with van der Waals surface area (Å²) in [5.74, 6) is -0.747. The predicted molar refractivity (Wildman–Crippen MR) is 108 cm³/mol. The molecule has 154 valence electrons. The molecule has 1 aromatic rings. The van der Waals surface area contributed by atoms with Gasteiger partial charge in [0.25, 0.3) is 0 Å². The Morgan fingerprint density at radius 1 is 1.32 bits per heavy atom. The summed E-state index contributed by atoms with van der Waals surface area (Å²) in [5.41, 5.74) is -0.550. The van der Waals surface area contributed by atoms with Gasteiger partial charge in [0.15, 0.2) is 0 Å². The monoisotopic (exact) mass is 412 g/mol. The number of alkyl carbamates (subject to hydrolysis) is 1. The van der Waals surface area contributed by atoms with E-state index >= 15 is 0 Å². The number of ether oxygens (including phenoxy) is 1. The van der Waals surface area contributed by atoms with Gasteiger partial charge in [-0.05, 0) is 65.6 Å². The number of aromatic nitrogens is 1. The Kier molecular flexibility index (Phi) is 6.48. The van der Waals surface area contributed by atoms with E-state index in [2.05, 4.69) is 10.3 Å². The summed E-state index contributed by atoms with van der Waals surface area (Å²) in [6, 6.07) is 1.45. The molecule has 0 atom stereocenters. The van der Waals surface area contributed by atoms with E-state index in [9.17, 15) is 9.18 Å². The number of hydrogen-bond donors (Lipinski definition) is 1. The standard InChI is InChI=1S/C19H27BClFN2O4/c1-17(2,3)26-16(25)24-11-13(8-12-9-14(21)15(22)23-10-12)20-27-18(4,5)19(6,7)28-20/h8-10H,11H2,1-7H3,(H,24,25). The molecule has 0 radical (unpaired) electrons. The summed E-state index contributed by atoms with van der Waals surface area (Å²) in [5, 5.41) is 2.60. The van der Waals surface area contributed by atoms with E-state index in [1.54, 1.807) is 26.8 Å². The number of carbonyl (C=O) groups excluding carboxylic acids is 1. The average Bonchev–Trinajstić information content (AvgIpc) is 2.73. The number of nitrogens with one attached hydrogen (secondary N) is 1. The third kappa shape index (κ3) is 5.69. The van der Waals surface area contributed by atoms with E-state index < -0.39 is 36.0 Å². The number of hydrogen-bond acceptors (Lipinski definition) is 5. The molecule has 1 N–H and O–H groups in total. The summed E-state index contributed by atoms with van der Waals surface area (Å²) in [7, 11) is -0.705. The highest BCUT2D eigenvalue weighted by Crippen LogP contribution is 2.38. The fraction of sp³-hybridized carbons (Fsp3) is 0.579. The van der Waals surface area contributed by atoms with Gasteiger partial charge in [0, 0.05) is 12.7 Å². The van der Waals surface area contributed by atoms with E-state index in [-0.39, 0.29) is 11.6 Å². The molecule has 0 spiro atoms. The lowest BCUT2D eigenvalue weighted by Crippen LogP contribution is -2.41. The van der Waals surface area contributed by atoms with Gasteiger partial charge < -0.3 is 19.4 Å². The number of halogens is 2. The van der Waals surface area contributed by atoms with Gasteiger partial charge in [0.2, 0.25) is 5.95 Å². The molecule has 1 amide bonds. The highest BCUT2D eigenvalue weighted by molar-refractivity contribution is 6.56. The van der Waals surface area contributed by atoms with E-state index in [0.29, 0.717) is 11.0 Å². The molecule has 0 aliphatic carbocycles. The molecule has 2 heterocycles. The molecule has 0 saturated carbocycles. The molecule has 0 unspecified atom stereocenters. The van der Waals surface area contributed by atoms with Crippen LogP contribution >= 0.6 is 11.6 Å². The Bertz CT molecular complexity index is 762. The number of amides is 1. The van der Waals surface area contributed by atoms with Crippen LogP contribution in [0.5, 0.6) is 0 Å². The van der Waals surface area contributed by atoms with Crippen molar-refractivity contribution in [1.29, 1.82) is 0 Å². The lowest BCUT2D eigenvalue weighted by Gasteiger charge is -2.32. The van der Waals surface area contributed by atoms with Crippen LogP contribution in [0.2, 0.25) is 5.02 Å². The SMILES string of the molecule is CC(C)(C)OC(=O)NCC(=Cc1cnc(F)c(Cl)c1)B1OC(C)(C)C(C)(C)O1. The minimum Gasteiger partial charge on any atom is -0.444 e. The van der Waals surface area contributed by atoms with E-state index in [1.807, 2.05) is 27.7 Å². The Morgan fingerprint density at radius 3 is 2.39 bits per heavy atom. The van der Waals surface area contributed by atoms with E-state index in [0.717, 1.165) is 0 Å². The smallest absolute Gasteiger partial charge is 0.444 e. The lowest BCUT2D eigenvalue weighted by atomic mass is 9.77. The van der Waals surface area contributed by atoms with Crippen LogP contribution < -0.4 is 5.32 Å². The second-order valence-electron chi connectivity index (χ2n) is 8.70. The van der Waals surface area contributed by atoms with Crippen molar-refractivity contribution >= 4 is 30.9 Å². The van der Waals surface area contributed by atoms with Crippen LogP contribution in [-0.4, -0.2) is 41.5 Å². The first kappa shape index (κ1) is 22.7. The molecule has 0 aromatic carbocycles. The number of nitrogens with zero attached hydrogens (tertiary/aromatic N) is 1. The minimum absolute atomic E-state index is 0.0953. The minimum atomic E-state index is -0.747. The highest BCUT2D eigenvalue weighted by Gasteiger charge is 2.52. The number of pyridine rings is 1. The molecular weight excluding hydrogens is 385 g/mol. The van der Waals surface area contributed by atoms with Crippen LogP contribution in [-0.2, 0) is 14.0 Å². The van der Waals surface area contributed by atoms with Gasteiger partial charge in [0.1, 0.15) is 5.60 Å². The van der Waals surface area contributed by atoms with Crippen molar-refractivity contribution in [3.63, 3.8) is 0 Å². The van der Waals surface area contributed by atoms with Gasteiger partial charge in [-0.2, -0.15) is 4.39 Å². The van der Waals surface area contributed by atoms with Crippen molar-refractivity contribution in [1.82, 2.24) is 10.3 Å². The van der Waals surface area contributed by atoms with Crippen molar-refractivity contribution in [2.75, 3.05) is 6.54 Å². The fourth-order valence-electron chi connectivity index (χ4n) is 2.41. The van der Waals surface area contributed by atoms with Crippen molar-refractivity contribution in [2.24, 2.45) is 0 Å². The first-order valence-corrected chi connectivity index (χ1v) is 9.42. The first-order chi connectivity index (χ1) is 12.7. The number of carbonyl (C=O) groups is 1. The second kappa shape index (κ2) is 8.01. The average molecular weight is 413 g/mol. The lowest BCUT2D eigenvalue weighted by molar-refractivity contribution is 0.00578. The van der Waals surface area contributed by atoms with Crippen molar-refractivity contribution < 1.29 is 23.2 Å². The van der Waals surface area contributed by atoms with Crippen LogP contribution in [0, 0.1) is 5.95 Å². The normalized spacial score (nSPS) is 18.9. The predicted octanol–water partition coefficient (Wildman–Crippen LogP) is 4.41. The molecule has 28 heavy (non-hydrogen) atoms. The van der Waals surface area contributed by atoms with Crippen molar-refractivity contribution in [3.8, 4) is 0 Å². The van der Waals surface area contributed by atoms with Crippen LogP contribution in [0.4, 0.5) is 9.18 Å². The quantitative estimate of drug-likeness (QED) is 0.586. The number of rotatable bonds is 4. The topological polar surface area (TPSA) is 69.7 Å². The Hall–Kier alpha value is -1.64. The largest absolute Gasteiger partial charge is 0.492 e. The van der Waals surface area contributed by atoms with Gasteiger partial charge in [0.05, 0.1) is 16.2 Å². The molecule has 6 nitrogen and oxygen atoms in total. The van der Waals surface area contributed by atoms with E-state index in [4.69, 9.17) is 25.6 Å². The van der Waals surface area contributed by atoms with Gasteiger partial charge in [-0.15, -0.1) is 0 Å². The second-order valence-corrected chi connectivity index (χ2v) is 9.11. The third-order valence-corrected chi connectivity index (χ3v) is 4.83. The fourth-order valence-corrected chi connectivity index (χ4v) is 2.59. The Labute approximate surface area is 170 Å². The molecule has 1 aliphatic heterocycles. The molecule has 1 fully saturated rings. The van der Waals surface area contributed by atoms with Crippen LogP contribution in [0.15, 0.2) is 17.7 Å². The molecular formula is C19H27BClFN2O4. The zero-order chi connectivity index (χ0) is 21.3. The summed E-state index contributed by atoms with van der Waals surface area (Å²) >= 11 is 5.83. The van der Waals surface area contributed by atoms with Gasteiger partial charge in [-0.3, -0.25) is 0 Å². The highest BCUT2D eigenvalue weighted by atomic mass is 35.5. The van der Waals surface area contributed by atoms with E-state index in [1.165, 1.54) is 12.3 Å². The summed E-state index contributed by atoms with van der Waals surface area (Å²) < 4.78 is 30.8. The molecule has 2 rings (SSSR count).